The molecule has 0 fully saturated rings. The second kappa shape index (κ2) is 6.59. The summed E-state index contributed by atoms with van der Waals surface area (Å²) in [6.45, 7) is 2.44. The maximum absolute atomic E-state index is 13.6. The molecule has 2 aromatic carbocycles. The lowest BCUT2D eigenvalue weighted by atomic mass is 10.2. The van der Waals surface area contributed by atoms with Crippen LogP contribution in [0.1, 0.15) is 23.1 Å². The molecule has 0 bridgehead atoms. The van der Waals surface area contributed by atoms with Crippen molar-refractivity contribution in [3.8, 4) is 0 Å². The molecule has 0 aliphatic rings. The molecule has 0 unspecified atom stereocenters. The second-order valence-electron chi connectivity index (χ2n) is 6.03. The van der Waals surface area contributed by atoms with Gasteiger partial charge in [0, 0.05) is 16.3 Å². The summed E-state index contributed by atoms with van der Waals surface area (Å²) in [6.07, 6.45) is 0. The Morgan fingerprint density at radius 1 is 1.08 bits per heavy atom. The molecular weight excluding hydrogens is 331 g/mol. The molecule has 5 heteroatoms. The number of hydrogen-bond acceptors (Lipinski definition) is 3. The van der Waals surface area contributed by atoms with Crippen molar-refractivity contribution in [2.24, 2.45) is 0 Å². The van der Waals surface area contributed by atoms with Gasteiger partial charge in [0.25, 0.3) is 0 Å². The molecular formula is C21H17FN2O2. The van der Waals surface area contributed by atoms with E-state index in [4.69, 9.17) is 4.74 Å². The summed E-state index contributed by atoms with van der Waals surface area (Å²) in [5.41, 5.74) is 2.87. The van der Waals surface area contributed by atoms with E-state index in [-0.39, 0.29) is 12.4 Å². The number of esters is 1. The Labute approximate surface area is 149 Å². The van der Waals surface area contributed by atoms with Gasteiger partial charge in [0.2, 0.25) is 0 Å². The Hall–Kier alpha value is -3.21. The van der Waals surface area contributed by atoms with E-state index in [1.807, 2.05) is 41.0 Å². The Morgan fingerprint density at radius 3 is 2.77 bits per heavy atom. The number of rotatable bonds is 4. The molecule has 0 atom stereocenters. The van der Waals surface area contributed by atoms with E-state index in [0.717, 1.165) is 22.1 Å². The zero-order valence-electron chi connectivity index (χ0n) is 14.3. The highest BCUT2D eigenvalue weighted by Gasteiger charge is 2.17. The third-order valence-electron chi connectivity index (χ3n) is 4.32. The van der Waals surface area contributed by atoms with Crippen LogP contribution in [0, 0.1) is 5.82 Å². The summed E-state index contributed by atoms with van der Waals surface area (Å²) in [6, 6.07) is 18.0. The van der Waals surface area contributed by atoms with Gasteiger partial charge in [-0.2, -0.15) is 0 Å². The number of aromatic nitrogens is 2. The van der Waals surface area contributed by atoms with Gasteiger partial charge in [0.1, 0.15) is 11.5 Å². The molecule has 2 heterocycles. The molecule has 2 aromatic heterocycles. The lowest BCUT2D eigenvalue weighted by Gasteiger charge is -2.10. The van der Waals surface area contributed by atoms with Crippen molar-refractivity contribution < 1.29 is 13.9 Å². The van der Waals surface area contributed by atoms with Crippen molar-refractivity contribution in [3.63, 3.8) is 0 Å². The molecule has 0 N–H and O–H groups in total. The number of pyridine rings is 1. The zero-order valence-corrected chi connectivity index (χ0v) is 14.3. The molecule has 4 nitrogen and oxygen atoms in total. The van der Waals surface area contributed by atoms with Crippen LogP contribution in [0.25, 0.3) is 21.8 Å². The van der Waals surface area contributed by atoms with E-state index >= 15 is 0 Å². The van der Waals surface area contributed by atoms with Crippen LogP contribution in [0.5, 0.6) is 0 Å². The van der Waals surface area contributed by atoms with E-state index in [2.05, 4.69) is 4.98 Å². The Bertz CT molecular complexity index is 1120. The normalized spacial score (nSPS) is 11.2. The highest BCUT2D eigenvalue weighted by molar-refractivity contribution is 5.95. The molecule has 130 valence electrons. The number of para-hydroxylation sites is 1. The van der Waals surface area contributed by atoms with Crippen molar-refractivity contribution >= 4 is 27.8 Å². The highest BCUT2D eigenvalue weighted by Crippen LogP contribution is 2.23. The largest absolute Gasteiger partial charge is 0.461 e. The minimum atomic E-state index is -0.426. The molecule has 0 radical (unpaired) electrons. The number of nitrogens with zero attached hydrogens (tertiary/aromatic N) is 2. The van der Waals surface area contributed by atoms with Crippen LogP contribution in [0.2, 0.25) is 0 Å². The first-order chi connectivity index (χ1) is 12.7. The third kappa shape index (κ3) is 2.92. The van der Waals surface area contributed by atoms with Gasteiger partial charge in [-0.3, -0.25) is 4.98 Å². The van der Waals surface area contributed by atoms with E-state index < -0.39 is 5.97 Å². The van der Waals surface area contributed by atoms with Crippen LogP contribution in [-0.4, -0.2) is 22.1 Å². The highest BCUT2D eigenvalue weighted by atomic mass is 19.1. The molecule has 4 aromatic rings. The van der Waals surface area contributed by atoms with E-state index in [1.165, 1.54) is 12.1 Å². The predicted octanol–water partition coefficient (Wildman–Crippen LogP) is 4.55. The number of fused-ring (bicyclic) bond motifs is 2. The van der Waals surface area contributed by atoms with Crippen LogP contribution >= 0.6 is 0 Å². The lowest BCUT2D eigenvalue weighted by Crippen LogP contribution is -2.13. The fraction of sp³-hybridized carbons (Fsp3) is 0.143. The van der Waals surface area contributed by atoms with Gasteiger partial charge in [-0.1, -0.05) is 24.3 Å². The Kier molecular flexibility index (Phi) is 4.13. The summed E-state index contributed by atoms with van der Waals surface area (Å²) in [7, 11) is 0. The first-order valence-corrected chi connectivity index (χ1v) is 8.46. The molecule has 0 saturated heterocycles. The maximum Gasteiger partial charge on any atom is 0.354 e. The van der Waals surface area contributed by atoms with Gasteiger partial charge >= 0.3 is 5.97 Å². The van der Waals surface area contributed by atoms with Crippen molar-refractivity contribution in [1.29, 1.82) is 0 Å². The van der Waals surface area contributed by atoms with E-state index in [0.29, 0.717) is 17.6 Å². The van der Waals surface area contributed by atoms with Crippen LogP contribution in [0.4, 0.5) is 4.39 Å². The summed E-state index contributed by atoms with van der Waals surface area (Å²) < 4.78 is 20.6. The quantitative estimate of drug-likeness (QED) is 0.508. The number of ether oxygens (including phenoxy) is 1. The van der Waals surface area contributed by atoms with E-state index in [9.17, 15) is 9.18 Å². The van der Waals surface area contributed by atoms with Crippen LogP contribution < -0.4 is 0 Å². The maximum atomic E-state index is 13.6. The average Bonchev–Trinajstić information content (AvgIpc) is 2.99. The SMILES string of the molecule is CCOC(=O)c1cc2cc(F)ccc2n1Cc1ccc2ccccc2n1. The molecule has 0 saturated carbocycles. The average molecular weight is 348 g/mol. The Balaban J connectivity index is 1.82. The molecule has 0 aliphatic carbocycles. The molecule has 0 aliphatic heterocycles. The second-order valence-corrected chi connectivity index (χ2v) is 6.03. The van der Waals surface area contributed by atoms with Crippen LogP contribution in [0.3, 0.4) is 0 Å². The monoisotopic (exact) mass is 348 g/mol. The topological polar surface area (TPSA) is 44.1 Å². The fourth-order valence-electron chi connectivity index (χ4n) is 3.14. The smallest absolute Gasteiger partial charge is 0.354 e. The third-order valence-corrected chi connectivity index (χ3v) is 4.32. The minimum absolute atomic E-state index is 0.281. The fourth-order valence-corrected chi connectivity index (χ4v) is 3.14. The number of carbonyl (C=O) groups excluding carboxylic acids is 1. The predicted molar refractivity (Wildman–Crippen MR) is 98.7 cm³/mol. The number of hydrogen-bond donors (Lipinski definition) is 0. The van der Waals surface area contributed by atoms with Crippen LogP contribution in [0.15, 0.2) is 60.7 Å². The van der Waals surface area contributed by atoms with Gasteiger partial charge in [0.05, 0.1) is 24.4 Å². The zero-order chi connectivity index (χ0) is 18.1. The van der Waals surface area contributed by atoms with Gasteiger partial charge in [-0.25, -0.2) is 9.18 Å². The molecule has 4 rings (SSSR count). The Morgan fingerprint density at radius 2 is 1.92 bits per heavy atom. The molecule has 26 heavy (non-hydrogen) atoms. The minimum Gasteiger partial charge on any atom is -0.461 e. The van der Waals surface area contributed by atoms with Gasteiger partial charge in [-0.15, -0.1) is 0 Å². The van der Waals surface area contributed by atoms with Crippen molar-refractivity contribution in [3.05, 3.63) is 77.9 Å². The molecule has 0 amide bonds. The van der Waals surface area contributed by atoms with Crippen molar-refractivity contribution in [2.75, 3.05) is 6.61 Å². The van der Waals surface area contributed by atoms with Crippen molar-refractivity contribution in [1.82, 2.24) is 9.55 Å². The summed E-state index contributed by atoms with van der Waals surface area (Å²) in [4.78, 5) is 17.0. The van der Waals surface area contributed by atoms with E-state index in [1.54, 1.807) is 19.1 Å². The summed E-state index contributed by atoms with van der Waals surface area (Å²) in [5.74, 6) is -0.765. The van der Waals surface area contributed by atoms with Gasteiger partial charge < -0.3 is 9.30 Å². The standard InChI is InChI=1S/C21H17FN2O2/c1-2-26-21(25)20-12-15-11-16(22)8-10-19(15)24(20)13-17-9-7-14-5-3-4-6-18(14)23-17/h3-12H,2,13H2,1H3. The van der Waals surface area contributed by atoms with Crippen LogP contribution in [-0.2, 0) is 11.3 Å². The summed E-state index contributed by atoms with van der Waals surface area (Å²) >= 11 is 0. The number of carbonyl (C=O) groups is 1. The summed E-state index contributed by atoms with van der Waals surface area (Å²) in [5, 5.41) is 1.72. The van der Waals surface area contributed by atoms with Gasteiger partial charge in [-0.05, 0) is 43.3 Å². The number of benzene rings is 2. The first kappa shape index (κ1) is 16.3. The molecule has 0 spiro atoms. The van der Waals surface area contributed by atoms with Crippen molar-refractivity contribution in [2.45, 2.75) is 13.5 Å². The first-order valence-electron chi connectivity index (χ1n) is 8.46. The van der Waals surface area contributed by atoms with Gasteiger partial charge in [0.15, 0.2) is 0 Å². The number of halogens is 1. The lowest BCUT2D eigenvalue weighted by molar-refractivity contribution is 0.0515.